The summed E-state index contributed by atoms with van der Waals surface area (Å²) in [5.74, 6) is 0.417. The van der Waals surface area contributed by atoms with Crippen LogP contribution in [0, 0.1) is 11.3 Å². The van der Waals surface area contributed by atoms with Gasteiger partial charge in [0.05, 0.1) is 0 Å². The lowest BCUT2D eigenvalue weighted by Gasteiger charge is -2.37. The van der Waals surface area contributed by atoms with E-state index in [1.165, 1.54) is 6.42 Å². The smallest absolute Gasteiger partial charge is 0.410 e. The van der Waals surface area contributed by atoms with Crippen molar-refractivity contribution in [1.82, 2.24) is 4.90 Å². The van der Waals surface area contributed by atoms with Crippen molar-refractivity contribution in [3.63, 3.8) is 0 Å². The van der Waals surface area contributed by atoms with E-state index in [0.717, 1.165) is 19.4 Å². The molecule has 1 aliphatic heterocycles. The molecule has 1 heterocycles. The van der Waals surface area contributed by atoms with Gasteiger partial charge in [-0.2, -0.15) is 0 Å². The van der Waals surface area contributed by atoms with Gasteiger partial charge in [-0.1, -0.05) is 13.8 Å². The van der Waals surface area contributed by atoms with Crippen molar-refractivity contribution in [2.45, 2.75) is 71.6 Å². The van der Waals surface area contributed by atoms with Gasteiger partial charge in [-0.25, -0.2) is 4.79 Å². The molecule has 1 amide bonds. The van der Waals surface area contributed by atoms with E-state index in [0.29, 0.717) is 5.92 Å². The topological polar surface area (TPSA) is 55.6 Å². The van der Waals surface area contributed by atoms with E-state index in [1.54, 1.807) is 0 Å². The molecule has 2 aliphatic rings. The molecule has 0 aromatic heterocycles. The molecule has 0 spiro atoms. The molecule has 0 aromatic carbocycles. The summed E-state index contributed by atoms with van der Waals surface area (Å²) < 4.78 is 5.53. The molecule has 1 saturated carbocycles. The molecule has 2 fully saturated rings. The highest BCUT2D eigenvalue weighted by atomic mass is 16.6. The second-order valence-corrected chi connectivity index (χ2v) is 7.61. The highest BCUT2D eigenvalue weighted by Gasteiger charge is 2.60. The average molecular weight is 268 g/mol. The number of amides is 1. The summed E-state index contributed by atoms with van der Waals surface area (Å²) in [5.41, 5.74) is 5.91. The molecule has 2 rings (SSSR count). The van der Waals surface area contributed by atoms with Gasteiger partial charge in [0.25, 0.3) is 0 Å². The fourth-order valence-electron chi connectivity index (χ4n) is 3.33. The Balaban J connectivity index is 2.07. The first kappa shape index (κ1) is 14.6. The number of hydrogen-bond donors (Lipinski definition) is 1. The van der Waals surface area contributed by atoms with Crippen molar-refractivity contribution in [2.75, 3.05) is 6.54 Å². The number of nitrogens with zero attached hydrogens (tertiary/aromatic N) is 1. The van der Waals surface area contributed by atoms with Crippen molar-refractivity contribution >= 4 is 6.09 Å². The van der Waals surface area contributed by atoms with Gasteiger partial charge in [0.2, 0.25) is 0 Å². The average Bonchev–Trinajstić information content (AvgIpc) is 2.75. The number of carbonyl (C=O) groups is 1. The standard InChI is InChI=1S/C15H28N2O2/c1-14(2,3)19-13(18)17-9-7-6-8-10(17)11-12(16)15(11,4)5/h10-12H,6-9,16H2,1-5H3. The molecule has 19 heavy (non-hydrogen) atoms. The Bertz CT molecular complexity index is 360. The van der Waals surface area contributed by atoms with Crippen LogP contribution in [0.2, 0.25) is 0 Å². The van der Waals surface area contributed by atoms with Crippen molar-refractivity contribution in [3.05, 3.63) is 0 Å². The summed E-state index contributed by atoms with van der Waals surface area (Å²) in [6.45, 7) is 10.9. The summed E-state index contributed by atoms with van der Waals surface area (Å²) in [4.78, 5) is 14.3. The molecule has 110 valence electrons. The van der Waals surface area contributed by atoms with Crippen molar-refractivity contribution in [3.8, 4) is 0 Å². The molecule has 0 bridgehead atoms. The first-order valence-corrected chi connectivity index (χ1v) is 7.40. The van der Waals surface area contributed by atoms with Gasteiger partial charge in [-0.3, -0.25) is 0 Å². The second-order valence-electron chi connectivity index (χ2n) is 7.61. The van der Waals surface area contributed by atoms with E-state index in [1.807, 2.05) is 25.7 Å². The Labute approximate surface area is 116 Å². The van der Waals surface area contributed by atoms with Crippen LogP contribution in [-0.4, -0.2) is 35.2 Å². The lowest BCUT2D eigenvalue weighted by Crippen LogP contribution is -2.48. The molecule has 3 atom stereocenters. The predicted molar refractivity (Wildman–Crippen MR) is 75.8 cm³/mol. The van der Waals surface area contributed by atoms with E-state index >= 15 is 0 Å². The quantitative estimate of drug-likeness (QED) is 0.795. The molecule has 0 radical (unpaired) electrons. The van der Waals surface area contributed by atoms with Crippen molar-refractivity contribution < 1.29 is 9.53 Å². The van der Waals surface area contributed by atoms with E-state index in [2.05, 4.69) is 13.8 Å². The number of carbonyl (C=O) groups excluding carboxylic acids is 1. The maximum Gasteiger partial charge on any atom is 0.410 e. The Morgan fingerprint density at radius 1 is 1.32 bits per heavy atom. The monoisotopic (exact) mass is 268 g/mol. The normalized spacial score (nSPS) is 34.0. The zero-order valence-electron chi connectivity index (χ0n) is 12.9. The van der Waals surface area contributed by atoms with Gasteiger partial charge in [0, 0.05) is 24.5 Å². The maximum absolute atomic E-state index is 12.3. The van der Waals surface area contributed by atoms with E-state index in [9.17, 15) is 4.79 Å². The minimum atomic E-state index is -0.430. The Morgan fingerprint density at radius 2 is 1.89 bits per heavy atom. The molecule has 1 aliphatic carbocycles. The van der Waals surface area contributed by atoms with Crippen LogP contribution in [0.15, 0.2) is 0 Å². The van der Waals surface area contributed by atoms with Crippen LogP contribution in [-0.2, 0) is 4.74 Å². The molecule has 2 N–H and O–H groups in total. The Kier molecular flexibility index (Phi) is 3.58. The van der Waals surface area contributed by atoms with Gasteiger partial charge in [-0.05, 0) is 45.4 Å². The van der Waals surface area contributed by atoms with Gasteiger partial charge in [0.15, 0.2) is 0 Å². The number of hydrogen-bond acceptors (Lipinski definition) is 3. The van der Waals surface area contributed by atoms with Gasteiger partial charge >= 0.3 is 6.09 Å². The summed E-state index contributed by atoms with van der Waals surface area (Å²) >= 11 is 0. The Hall–Kier alpha value is -0.770. The van der Waals surface area contributed by atoms with Gasteiger partial charge in [0.1, 0.15) is 5.60 Å². The van der Waals surface area contributed by atoms with Crippen LogP contribution in [0.25, 0.3) is 0 Å². The number of ether oxygens (including phenoxy) is 1. The minimum Gasteiger partial charge on any atom is -0.444 e. The van der Waals surface area contributed by atoms with E-state index in [-0.39, 0.29) is 23.6 Å². The third-order valence-electron chi connectivity index (χ3n) is 4.59. The van der Waals surface area contributed by atoms with E-state index in [4.69, 9.17) is 10.5 Å². The lowest BCUT2D eigenvalue weighted by molar-refractivity contribution is 0.00545. The van der Waals surface area contributed by atoms with Crippen molar-refractivity contribution in [2.24, 2.45) is 17.1 Å². The van der Waals surface area contributed by atoms with Gasteiger partial charge < -0.3 is 15.4 Å². The molecule has 4 nitrogen and oxygen atoms in total. The summed E-state index contributed by atoms with van der Waals surface area (Å²) in [6.07, 6.45) is 3.13. The lowest BCUT2D eigenvalue weighted by atomic mass is 9.94. The third kappa shape index (κ3) is 2.88. The molecule has 4 heteroatoms. The number of likely N-dealkylation sites (tertiary alicyclic amines) is 1. The van der Waals surface area contributed by atoms with Crippen LogP contribution in [0.5, 0.6) is 0 Å². The van der Waals surface area contributed by atoms with Crippen LogP contribution in [0.1, 0.15) is 53.9 Å². The SMILES string of the molecule is CC(C)(C)OC(=O)N1CCCCC1C1C(N)C1(C)C. The predicted octanol–water partition coefficient (Wildman–Crippen LogP) is 2.76. The number of rotatable bonds is 1. The van der Waals surface area contributed by atoms with Gasteiger partial charge in [-0.15, -0.1) is 0 Å². The molecule has 3 unspecified atom stereocenters. The fraction of sp³-hybridized carbons (Fsp3) is 0.933. The molecule has 1 saturated heterocycles. The van der Waals surface area contributed by atoms with Crippen LogP contribution < -0.4 is 5.73 Å². The first-order chi connectivity index (χ1) is 8.64. The van der Waals surface area contributed by atoms with Crippen LogP contribution in [0.3, 0.4) is 0 Å². The molecule has 0 aromatic rings. The fourth-order valence-corrected chi connectivity index (χ4v) is 3.33. The number of nitrogens with two attached hydrogens (primary N) is 1. The highest BCUT2D eigenvalue weighted by Crippen LogP contribution is 2.55. The summed E-state index contributed by atoms with van der Waals surface area (Å²) in [5, 5.41) is 0. The highest BCUT2D eigenvalue weighted by molar-refractivity contribution is 5.69. The van der Waals surface area contributed by atoms with Crippen LogP contribution in [0.4, 0.5) is 4.79 Å². The molecular formula is C15H28N2O2. The minimum absolute atomic E-state index is 0.155. The second kappa shape index (κ2) is 4.65. The summed E-state index contributed by atoms with van der Waals surface area (Å²) in [7, 11) is 0. The maximum atomic E-state index is 12.3. The summed E-state index contributed by atoms with van der Waals surface area (Å²) in [6, 6.07) is 0.467. The molecular weight excluding hydrogens is 240 g/mol. The zero-order chi connectivity index (χ0) is 14.4. The first-order valence-electron chi connectivity index (χ1n) is 7.40. The van der Waals surface area contributed by atoms with Crippen LogP contribution >= 0.6 is 0 Å². The zero-order valence-corrected chi connectivity index (χ0v) is 12.9. The van der Waals surface area contributed by atoms with E-state index < -0.39 is 5.60 Å². The third-order valence-corrected chi connectivity index (χ3v) is 4.59. The number of piperidine rings is 1. The largest absolute Gasteiger partial charge is 0.444 e. The van der Waals surface area contributed by atoms with Crippen molar-refractivity contribution in [1.29, 1.82) is 0 Å². The Morgan fingerprint density at radius 3 is 2.37 bits per heavy atom.